The van der Waals surface area contributed by atoms with Crippen LogP contribution in [-0.4, -0.2) is 45.4 Å². The molecule has 0 radical (unpaired) electrons. The number of amides is 4. The van der Waals surface area contributed by atoms with Crippen molar-refractivity contribution in [2.45, 2.75) is 6.54 Å². The molecule has 0 spiro atoms. The van der Waals surface area contributed by atoms with Gasteiger partial charge in [0, 0.05) is 18.9 Å². The van der Waals surface area contributed by atoms with Crippen molar-refractivity contribution in [1.82, 2.24) is 25.1 Å². The summed E-state index contributed by atoms with van der Waals surface area (Å²) in [5, 5.41) is 4.67. The molecule has 24 heavy (non-hydrogen) atoms. The first-order valence-corrected chi connectivity index (χ1v) is 7.15. The van der Waals surface area contributed by atoms with E-state index >= 15 is 0 Å². The zero-order chi connectivity index (χ0) is 17.1. The summed E-state index contributed by atoms with van der Waals surface area (Å²) < 4.78 is 15.6. The van der Waals surface area contributed by atoms with Crippen LogP contribution in [0.3, 0.4) is 0 Å². The summed E-state index contributed by atoms with van der Waals surface area (Å²) in [5.41, 5.74) is 0.932. The Morgan fingerprint density at radius 1 is 1.38 bits per heavy atom. The predicted molar refractivity (Wildman–Crippen MR) is 80.5 cm³/mol. The normalized spacial score (nSPS) is 14.0. The molecule has 1 aliphatic rings. The number of hydrogen-bond donors (Lipinski definition) is 2. The number of nitrogens with one attached hydrogen (secondary N) is 2. The van der Waals surface area contributed by atoms with Gasteiger partial charge in [-0.2, -0.15) is 0 Å². The summed E-state index contributed by atoms with van der Waals surface area (Å²) in [5.74, 6) is -1.31. The number of imidazole rings is 1. The minimum atomic E-state index is -0.592. The van der Waals surface area contributed by atoms with Gasteiger partial charge in [-0.3, -0.25) is 14.9 Å². The number of aromatic nitrogens is 2. The van der Waals surface area contributed by atoms with E-state index in [1.807, 2.05) is 0 Å². The lowest BCUT2D eigenvalue weighted by atomic mass is 10.2. The van der Waals surface area contributed by atoms with Gasteiger partial charge in [0.05, 0.1) is 12.0 Å². The Bertz CT molecular complexity index is 790. The van der Waals surface area contributed by atoms with Gasteiger partial charge in [-0.1, -0.05) is 6.07 Å². The highest BCUT2D eigenvalue weighted by molar-refractivity contribution is 6.03. The molecule has 9 heteroatoms. The second-order valence-corrected chi connectivity index (χ2v) is 5.24. The van der Waals surface area contributed by atoms with E-state index in [4.69, 9.17) is 0 Å². The molecule has 124 valence electrons. The van der Waals surface area contributed by atoms with Gasteiger partial charge in [-0.05, 0) is 17.7 Å². The Kier molecular flexibility index (Phi) is 4.23. The van der Waals surface area contributed by atoms with E-state index in [9.17, 15) is 18.8 Å². The lowest BCUT2D eigenvalue weighted by Gasteiger charge is -2.13. The minimum Gasteiger partial charge on any atom is -0.350 e. The molecule has 1 aliphatic heterocycles. The Labute approximate surface area is 136 Å². The minimum absolute atomic E-state index is 0.114. The Hall–Kier alpha value is -3.23. The standard InChI is InChI=1S/C15H14FN5O3/c16-11-5-10(1-2-12(11)20-4-3-17-9-20)6-18-13(22)7-21-8-14(23)19-15(21)24/h1-5,9H,6-8H2,(H,18,22)(H,19,23,24). The van der Waals surface area contributed by atoms with Crippen LogP contribution < -0.4 is 10.6 Å². The van der Waals surface area contributed by atoms with E-state index in [-0.39, 0.29) is 19.6 Å². The first-order valence-electron chi connectivity index (χ1n) is 7.15. The molecule has 0 atom stereocenters. The topological polar surface area (TPSA) is 96.3 Å². The monoisotopic (exact) mass is 331 g/mol. The van der Waals surface area contributed by atoms with Gasteiger partial charge >= 0.3 is 6.03 Å². The molecular weight excluding hydrogens is 317 g/mol. The molecule has 1 fully saturated rings. The Morgan fingerprint density at radius 3 is 2.83 bits per heavy atom. The summed E-state index contributed by atoms with van der Waals surface area (Å²) in [6.07, 6.45) is 4.66. The van der Waals surface area contributed by atoms with Gasteiger partial charge in [0.25, 0.3) is 0 Å². The molecule has 2 heterocycles. The largest absolute Gasteiger partial charge is 0.350 e. The highest BCUT2D eigenvalue weighted by atomic mass is 19.1. The van der Waals surface area contributed by atoms with Gasteiger partial charge in [-0.15, -0.1) is 0 Å². The third kappa shape index (κ3) is 3.40. The van der Waals surface area contributed by atoms with Crippen LogP contribution in [0.25, 0.3) is 5.69 Å². The van der Waals surface area contributed by atoms with E-state index in [1.54, 1.807) is 29.1 Å². The van der Waals surface area contributed by atoms with Crippen LogP contribution in [-0.2, 0) is 16.1 Å². The van der Waals surface area contributed by atoms with Gasteiger partial charge in [-0.25, -0.2) is 14.2 Å². The van der Waals surface area contributed by atoms with Crippen LogP contribution in [0.15, 0.2) is 36.9 Å². The van der Waals surface area contributed by atoms with Crippen molar-refractivity contribution in [3.05, 3.63) is 48.3 Å². The van der Waals surface area contributed by atoms with Crippen molar-refractivity contribution in [3.8, 4) is 5.69 Å². The molecule has 3 rings (SSSR count). The molecule has 0 aliphatic carbocycles. The number of benzene rings is 1. The Morgan fingerprint density at radius 2 is 2.21 bits per heavy atom. The third-order valence-electron chi connectivity index (χ3n) is 3.49. The molecule has 1 saturated heterocycles. The second kappa shape index (κ2) is 6.49. The van der Waals surface area contributed by atoms with Gasteiger partial charge in [0.1, 0.15) is 18.9 Å². The molecule has 0 unspecified atom stereocenters. The molecule has 1 aromatic heterocycles. The average molecular weight is 331 g/mol. The maximum Gasteiger partial charge on any atom is 0.325 e. The molecule has 1 aromatic carbocycles. The molecule has 4 amide bonds. The van der Waals surface area contributed by atoms with Gasteiger partial charge in [0.2, 0.25) is 11.8 Å². The lowest BCUT2D eigenvalue weighted by molar-refractivity contribution is -0.122. The molecule has 0 bridgehead atoms. The number of rotatable bonds is 5. The fraction of sp³-hybridized carbons (Fsp3) is 0.200. The van der Waals surface area contributed by atoms with Crippen molar-refractivity contribution in [2.75, 3.05) is 13.1 Å². The van der Waals surface area contributed by atoms with Gasteiger partial charge < -0.3 is 14.8 Å². The number of halogens is 1. The number of hydrogen-bond acceptors (Lipinski definition) is 4. The fourth-order valence-electron chi connectivity index (χ4n) is 2.31. The molecule has 0 saturated carbocycles. The quantitative estimate of drug-likeness (QED) is 0.764. The lowest BCUT2D eigenvalue weighted by Crippen LogP contribution is -2.38. The Balaban J connectivity index is 1.57. The predicted octanol–water partition coefficient (Wildman–Crippen LogP) is 0.179. The summed E-state index contributed by atoms with van der Waals surface area (Å²) in [4.78, 5) is 39.2. The van der Waals surface area contributed by atoms with Crippen molar-refractivity contribution < 1.29 is 18.8 Å². The number of carbonyl (C=O) groups excluding carboxylic acids is 3. The van der Waals surface area contributed by atoms with Crippen LogP contribution in [0.2, 0.25) is 0 Å². The van der Waals surface area contributed by atoms with E-state index in [1.165, 1.54) is 12.4 Å². The van der Waals surface area contributed by atoms with Crippen LogP contribution in [0.5, 0.6) is 0 Å². The highest BCUT2D eigenvalue weighted by Gasteiger charge is 2.28. The van der Waals surface area contributed by atoms with Crippen LogP contribution >= 0.6 is 0 Å². The summed E-state index contributed by atoms with van der Waals surface area (Å²) in [6.45, 7) is -0.253. The van der Waals surface area contributed by atoms with Crippen molar-refractivity contribution >= 4 is 17.8 Å². The zero-order valence-electron chi connectivity index (χ0n) is 12.5. The number of nitrogens with zero attached hydrogens (tertiary/aromatic N) is 3. The number of imide groups is 1. The third-order valence-corrected chi connectivity index (χ3v) is 3.49. The zero-order valence-corrected chi connectivity index (χ0v) is 12.5. The average Bonchev–Trinajstić information content (AvgIpc) is 3.16. The summed E-state index contributed by atoms with van der Waals surface area (Å²) >= 11 is 0. The van der Waals surface area contributed by atoms with Crippen LogP contribution in [0, 0.1) is 5.82 Å². The summed E-state index contributed by atoms with van der Waals surface area (Å²) in [7, 11) is 0. The fourth-order valence-corrected chi connectivity index (χ4v) is 2.31. The maximum absolute atomic E-state index is 14.1. The first kappa shape index (κ1) is 15.7. The van der Waals surface area contributed by atoms with Crippen LogP contribution in [0.4, 0.5) is 9.18 Å². The smallest absolute Gasteiger partial charge is 0.325 e. The number of carbonyl (C=O) groups is 3. The van der Waals surface area contributed by atoms with Crippen molar-refractivity contribution in [1.29, 1.82) is 0 Å². The molecular formula is C15H14FN5O3. The van der Waals surface area contributed by atoms with Crippen molar-refractivity contribution in [2.24, 2.45) is 0 Å². The van der Waals surface area contributed by atoms with Crippen molar-refractivity contribution in [3.63, 3.8) is 0 Å². The molecule has 2 N–H and O–H groups in total. The van der Waals surface area contributed by atoms with E-state index in [2.05, 4.69) is 15.6 Å². The van der Waals surface area contributed by atoms with E-state index in [0.29, 0.717) is 11.3 Å². The number of urea groups is 1. The van der Waals surface area contributed by atoms with E-state index < -0.39 is 23.7 Å². The van der Waals surface area contributed by atoms with E-state index in [0.717, 1.165) is 4.90 Å². The molecule has 2 aromatic rings. The highest BCUT2D eigenvalue weighted by Crippen LogP contribution is 2.14. The second-order valence-electron chi connectivity index (χ2n) is 5.24. The van der Waals surface area contributed by atoms with Gasteiger partial charge in [0.15, 0.2) is 0 Å². The first-order chi connectivity index (χ1) is 11.5. The maximum atomic E-state index is 14.1. The van der Waals surface area contributed by atoms with Crippen LogP contribution in [0.1, 0.15) is 5.56 Å². The SMILES string of the molecule is O=C(CN1CC(=O)NC1=O)NCc1ccc(-n2ccnc2)c(F)c1. The molecule has 8 nitrogen and oxygen atoms in total. The summed E-state index contributed by atoms with van der Waals surface area (Å²) in [6, 6.07) is 4.00.